The third-order valence-corrected chi connectivity index (χ3v) is 4.36. The summed E-state index contributed by atoms with van der Waals surface area (Å²) in [4.78, 5) is 9.34. The number of nitrogens with zero attached hydrogens (tertiary/aromatic N) is 2. The van der Waals surface area contributed by atoms with E-state index in [-0.39, 0.29) is 0 Å². The molecule has 0 spiro atoms. The fraction of sp³-hybridized carbons (Fsp3) is 0.412. The molecule has 0 amide bonds. The Balaban J connectivity index is 1.87. The van der Waals surface area contributed by atoms with E-state index in [4.69, 9.17) is 22.3 Å². The Bertz CT molecular complexity index is 623. The molecule has 0 atom stereocenters. The number of aromatic nitrogens is 2. The monoisotopic (exact) mass is 316 g/mol. The van der Waals surface area contributed by atoms with Crippen molar-refractivity contribution in [2.75, 3.05) is 18.4 Å². The second-order valence-corrected chi connectivity index (χ2v) is 6.13. The summed E-state index contributed by atoms with van der Waals surface area (Å²) in [5, 5.41) is 4.15. The Hall–Kier alpha value is -1.65. The molecule has 3 N–H and O–H groups in total. The summed E-state index contributed by atoms with van der Waals surface area (Å²) in [5.41, 5.74) is 8.75. The van der Waals surface area contributed by atoms with E-state index in [0.717, 1.165) is 40.8 Å². The molecule has 4 nitrogen and oxygen atoms in total. The van der Waals surface area contributed by atoms with Gasteiger partial charge >= 0.3 is 0 Å². The van der Waals surface area contributed by atoms with E-state index >= 15 is 0 Å². The van der Waals surface area contributed by atoms with Gasteiger partial charge in [0, 0.05) is 23.0 Å². The number of anilines is 1. The van der Waals surface area contributed by atoms with Crippen molar-refractivity contribution in [1.82, 2.24) is 9.97 Å². The van der Waals surface area contributed by atoms with Crippen LogP contribution in [0.4, 0.5) is 5.69 Å². The molecule has 0 unspecified atom stereocenters. The summed E-state index contributed by atoms with van der Waals surface area (Å²) in [6.07, 6.45) is 6.56. The molecule has 0 radical (unpaired) electrons. The van der Waals surface area contributed by atoms with Crippen molar-refractivity contribution >= 4 is 17.3 Å². The van der Waals surface area contributed by atoms with Crippen molar-refractivity contribution in [3.63, 3.8) is 0 Å². The Morgan fingerprint density at radius 1 is 1.23 bits per heavy atom. The summed E-state index contributed by atoms with van der Waals surface area (Å²) >= 11 is 5.95. The van der Waals surface area contributed by atoms with Gasteiger partial charge in [-0.1, -0.05) is 18.0 Å². The molecule has 1 aliphatic carbocycles. The van der Waals surface area contributed by atoms with Crippen molar-refractivity contribution in [3.05, 3.63) is 41.2 Å². The lowest BCUT2D eigenvalue weighted by Crippen LogP contribution is -2.16. The van der Waals surface area contributed by atoms with Crippen LogP contribution in [0.1, 0.15) is 37.3 Å². The number of nitrogens with two attached hydrogens (primary N) is 1. The minimum absolute atomic E-state index is 0.550. The van der Waals surface area contributed by atoms with Crippen molar-refractivity contribution in [3.8, 4) is 11.4 Å². The minimum atomic E-state index is 0.550. The van der Waals surface area contributed by atoms with Crippen molar-refractivity contribution in [2.24, 2.45) is 5.73 Å². The topological polar surface area (TPSA) is 63.8 Å². The minimum Gasteiger partial charge on any atom is -0.382 e. The van der Waals surface area contributed by atoms with Crippen molar-refractivity contribution in [1.29, 1.82) is 0 Å². The number of halogens is 1. The van der Waals surface area contributed by atoms with Gasteiger partial charge in [-0.25, -0.2) is 9.97 Å². The Morgan fingerprint density at radius 3 is 2.64 bits per heavy atom. The van der Waals surface area contributed by atoms with Crippen LogP contribution in [0, 0.1) is 0 Å². The van der Waals surface area contributed by atoms with Gasteiger partial charge in [0.1, 0.15) is 0 Å². The van der Waals surface area contributed by atoms with Crippen LogP contribution in [0.2, 0.25) is 5.02 Å². The number of hydrogen-bond donors (Lipinski definition) is 2. The lowest BCUT2D eigenvalue weighted by Gasteiger charge is -2.27. The van der Waals surface area contributed by atoms with Crippen LogP contribution in [0.5, 0.6) is 0 Å². The predicted octanol–water partition coefficient (Wildman–Crippen LogP) is 3.83. The number of rotatable bonds is 6. The third-order valence-electron chi connectivity index (χ3n) is 4.11. The molecule has 0 aliphatic heterocycles. The molecule has 1 saturated carbocycles. The Labute approximate surface area is 136 Å². The molecule has 1 fully saturated rings. The second kappa shape index (κ2) is 7.07. The summed E-state index contributed by atoms with van der Waals surface area (Å²) in [5.74, 6) is 1.32. The van der Waals surface area contributed by atoms with Gasteiger partial charge in [0.2, 0.25) is 0 Å². The highest BCUT2D eigenvalue weighted by Gasteiger charge is 2.24. The largest absolute Gasteiger partial charge is 0.382 e. The lowest BCUT2D eigenvalue weighted by atomic mass is 9.82. The number of hydrogen-bond acceptors (Lipinski definition) is 4. The normalized spacial score (nSPS) is 14.6. The van der Waals surface area contributed by atoms with Gasteiger partial charge < -0.3 is 11.1 Å². The fourth-order valence-electron chi connectivity index (χ4n) is 2.59. The maximum Gasteiger partial charge on any atom is 0.159 e. The van der Waals surface area contributed by atoms with Crippen LogP contribution >= 0.6 is 11.6 Å². The third kappa shape index (κ3) is 3.39. The zero-order valence-electron chi connectivity index (χ0n) is 12.6. The van der Waals surface area contributed by atoms with Crippen molar-refractivity contribution < 1.29 is 0 Å². The smallest absolute Gasteiger partial charge is 0.159 e. The molecule has 3 rings (SSSR count). The van der Waals surface area contributed by atoms with E-state index in [1.54, 1.807) is 0 Å². The SMILES string of the molecule is NCCCNc1cnc(-c2ccc(Cl)cc2)nc1C1CCC1. The zero-order chi connectivity index (χ0) is 15.4. The summed E-state index contributed by atoms with van der Waals surface area (Å²) < 4.78 is 0. The van der Waals surface area contributed by atoms with E-state index in [1.807, 2.05) is 30.5 Å². The molecular formula is C17H21ClN4. The van der Waals surface area contributed by atoms with E-state index in [2.05, 4.69) is 10.3 Å². The van der Waals surface area contributed by atoms with Crippen LogP contribution in [-0.4, -0.2) is 23.1 Å². The first kappa shape index (κ1) is 15.3. The van der Waals surface area contributed by atoms with Gasteiger partial charge in [-0.3, -0.25) is 0 Å². The first-order valence-electron chi connectivity index (χ1n) is 7.85. The van der Waals surface area contributed by atoms with Gasteiger partial charge in [-0.15, -0.1) is 0 Å². The van der Waals surface area contributed by atoms with Crippen LogP contribution in [0.3, 0.4) is 0 Å². The lowest BCUT2D eigenvalue weighted by molar-refractivity contribution is 0.412. The predicted molar refractivity (Wildman–Crippen MR) is 91.2 cm³/mol. The fourth-order valence-corrected chi connectivity index (χ4v) is 2.71. The van der Waals surface area contributed by atoms with Gasteiger partial charge in [-0.05, 0) is 50.1 Å². The average Bonchev–Trinajstić information content (AvgIpc) is 2.48. The average molecular weight is 317 g/mol. The first-order chi connectivity index (χ1) is 10.8. The summed E-state index contributed by atoms with van der Waals surface area (Å²) in [7, 11) is 0. The molecule has 22 heavy (non-hydrogen) atoms. The van der Waals surface area contributed by atoms with Gasteiger partial charge in [0.25, 0.3) is 0 Å². The quantitative estimate of drug-likeness (QED) is 0.795. The Kier molecular flexibility index (Phi) is 4.90. The maximum absolute atomic E-state index is 5.95. The van der Waals surface area contributed by atoms with E-state index in [1.165, 1.54) is 19.3 Å². The van der Waals surface area contributed by atoms with E-state index < -0.39 is 0 Å². The van der Waals surface area contributed by atoms with Crippen molar-refractivity contribution in [2.45, 2.75) is 31.6 Å². The second-order valence-electron chi connectivity index (χ2n) is 5.70. The van der Waals surface area contributed by atoms with Crippen LogP contribution in [0.15, 0.2) is 30.5 Å². The zero-order valence-corrected chi connectivity index (χ0v) is 13.3. The molecule has 1 aliphatic rings. The van der Waals surface area contributed by atoms with Crippen LogP contribution < -0.4 is 11.1 Å². The molecule has 1 heterocycles. The van der Waals surface area contributed by atoms with E-state index in [9.17, 15) is 0 Å². The van der Waals surface area contributed by atoms with E-state index in [0.29, 0.717) is 12.5 Å². The molecule has 5 heteroatoms. The Morgan fingerprint density at radius 2 is 2.00 bits per heavy atom. The van der Waals surface area contributed by atoms with Crippen LogP contribution in [-0.2, 0) is 0 Å². The molecule has 0 saturated heterocycles. The number of benzene rings is 1. The van der Waals surface area contributed by atoms with Gasteiger partial charge in [0.15, 0.2) is 5.82 Å². The highest BCUT2D eigenvalue weighted by molar-refractivity contribution is 6.30. The first-order valence-corrected chi connectivity index (χ1v) is 8.22. The molecule has 116 valence electrons. The summed E-state index contributed by atoms with van der Waals surface area (Å²) in [6, 6.07) is 7.67. The molecule has 2 aromatic rings. The molecular weight excluding hydrogens is 296 g/mol. The molecule has 1 aromatic heterocycles. The van der Waals surface area contributed by atoms with Gasteiger partial charge in [0.05, 0.1) is 17.6 Å². The standard InChI is InChI=1S/C17H21ClN4/c18-14-7-5-13(6-8-14)17-21-11-15(20-10-2-9-19)16(22-17)12-3-1-4-12/h5-8,11-12,20H,1-4,9-10,19H2. The summed E-state index contributed by atoms with van der Waals surface area (Å²) in [6.45, 7) is 1.55. The van der Waals surface area contributed by atoms with Crippen LogP contribution in [0.25, 0.3) is 11.4 Å². The molecule has 0 bridgehead atoms. The van der Waals surface area contributed by atoms with Gasteiger partial charge in [-0.2, -0.15) is 0 Å². The maximum atomic E-state index is 5.95. The number of nitrogens with one attached hydrogen (secondary N) is 1. The highest BCUT2D eigenvalue weighted by atomic mass is 35.5. The molecule has 1 aromatic carbocycles. The highest BCUT2D eigenvalue weighted by Crippen LogP contribution is 2.39.